The van der Waals surface area contributed by atoms with Crippen LogP contribution in [0.15, 0.2) is 41.4 Å². The van der Waals surface area contributed by atoms with E-state index in [4.69, 9.17) is 11.6 Å². The summed E-state index contributed by atoms with van der Waals surface area (Å²) in [5, 5.41) is 5.30. The number of halogens is 2. The Morgan fingerprint density at radius 3 is 3.00 bits per heavy atom. The second-order valence-electron chi connectivity index (χ2n) is 6.65. The molecule has 5 rings (SSSR count). The number of aromatic nitrogens is 1. The van der Waals surface area contributed by atoms with Crippen molar-refractivity contribution in [3.63, 3.8) is 0 Å². The molecular weight excluding hydrogens is 325 g/mol. The van der Waals surface area contributed by atoms with E-state index in [0.717, 1.165) is 39.8 Å². The van der Waals surface area contributed by atoms with Crippen LogP contribution in [0.1, 0.15) is 23.7 Å². The van der Waals surface area contributed by atoms with Crippen LogP contribution in [0.5, 0.6) is 0 Å². The van der Waals surface area contributed by atoms with Gasteiger partial charge in [-0.3, -0.25) is 10.3 Å². The molecule has 0 bridgehead atoms. The van der Waals surface area contributed by atoms with E-state index in [1.54, 1.807) is 12.1 Å². The van der Waals surface area contributed by atoms with E-state index in [2.05, 4.69) is 22.2 Å². The topological polar surface area (TPSA) is 40.2 Å². The van der Waals surface area contributed by atoms with Gasteiger partial charge in [0.2, 0.25) is 0 Å². The fraction of sp³-hybridized carbons (Fsp3) is 0.211. The zero-order chi connectivity index (χ0) is 16.5. The molecule has 2 N–H and O–H groups in total. The van der Waals surface area contributed by atoms with Crippen molar-refractivity contribution >= 4 is 34.4 Å². The Hall–Kier alpha value is -2.17. The molecule has 0 saturated carbocycles. The summed E-state index contributed by atoms with van der Waals surface area (Å²) in [6, 6.07) is 10.9. The minimum absolute atomic E-state index is 0.215. The van der Waals surface area contributed by atoms with Gasteiger partial charge in [0, 0.05) is 39.4 Å². The summed E-state index contributed by atoms with van der Waals surface area (Å²) in [6.45, 7) is 2.14. The molecule has 24 heavy (non-hydrogen) atoms. The molecule has 0 fully saturated rings. The molecule has 0 unspecified atom stereocenters. The first-order valence-electron chi connectivity index (χ1n) is 8.00. The van der Waals surface area contributed by atoms with Gasteiger partial charge in [-0.2, -0.15) is 0 Å². The third-order valence-corrected chi connectivity index (χ3v) is 5.26. The third kappa shape index (κ3) is 1.78. The van der Waals surface area contributed by atoms with Crippen LogP contribution in [0.25, 0.3) is 10.9 Å². The van der Waals surface area contributed by atoms with Crippen molar-refractivity contribution in [3.05, 3.63) is 64.1 Å². The second kappa shape index (κ2) is 4.68. The number of hydrogen-bond donors (Lipinski definition) is 2. The number of nitrogens with one attached hydrogen (secondary N) is 2. The lowest BCUT2D eigenvalue weighted by Crippen LogP contribution is -2.52. The fourth-order valence-corrected chi connectivity index (χ4v) is 4.25. The number of hydrogen-bond acceptors (Lipinski definition) is 2. The predicted molar refractivity (Wildman–Crippen MR) is 94.9 cm³/mol. The number of nitrogens with zero attached hydrogens (tertiary/aromatic N) is 1. The van der Waals surface area contributed by atoms with Crippen LogP contribution in [0.2, 0.25) is 5.02 Å². The van der Waals surface area contributed by atoms with E-state index in [-0.39, 0.29) is 11.9 Å². The van der Waals surface area contributed by atoms with E-state index < -0.39 is 5.54 Å². The SMILES string of the molecule is C[C@H]1Cc2c([nH]c3ccc(F)cc23)[C@]2(C=Nc3ccc(Cl)cc32)N1. The largest absolute Gasteiger partial charge is 0.356 e. The molecule has 0 saturated heterocycles. The van der Waals surface area contributed by atoms with Gasteiger partial charge in [-0.05, 0) is 55.3 Å². The maximum atomic E-state index is 13.8. The van der Waals surface area contributed by atoms with Gasteiger partial charge in [0.15, 0.2) is 0 Å². The van der Waals surface area contributed by atoms with Crippen molar-refractivity contribution < 1.29 is 4.39 Å². The van der Waals surface area contributed by atoms with Gasteiger partial charge in [-0.1, -0.05) is 11.6 Å². The molecular formula is C19H15ClFN3. The number of rotatable bonds is 0. The first kappa shape index (κ1) is 14.2. The average Bonchev–Trinajstić information content (AvgIpc) is 3.08. The molecule has 1 aromatic heterocycles. The van der Waals surface area contributed by atoms with Crippen LogP contribution < -0.4 is 5.32 Å². The number of H-pyrrole nitrogens is 1. The minimum atomic E-state index is -0.539. The van der Waals surface area contributed by atoms with Crippen LogP contribution in [0.4, 0.5) is 10.1 Å². The zero-order valence-electron chi connectivity index (χ0n) is 13.0. The summed E-state index contributed by atoms with van der Waals surface area (Å²) in [5.41, 5.74) is 4.54. The lowest BCUT2D eigenvalue weighted by atomic mass is 9.80. The van der Waals surface area contributed by atoms with Gasteiger partial charge >= 0.3 is 0 Å². The van der Waals surface area contributed by atoms with E-state index in [1.807, 2.05) is 24.4 Å². The standard InChI is InChI=1S/C19H15ClFN3/c1-10-6-14-13-8-12(21)3-5-16(13)23-18(14)19(24-10)9-22-17-4-2-11(20)7-15(17)19/h2-5,7-10,23-24H,6H2,1H3/t10-,19+/m0/s1. The molecule has 0 aliphatic carbocycles. The summed E-state index contributed by atoms with van der Waals surface area (Å²) in [6.07, 6.45) is 2.78. The maximum Gasteiger partial charge on any atom is 0.123 e. The molecule has 2 aromatic carbocycles. The molecule has 0 amide bonds. The fourth-order valence-electron chi connectivity index (χ4n) is 4.07. The molecule has 1 spiro atoms. The van der Waals surface area contributed by atoms with Gasteiger partial charge in [0.1, 0.15) is 11.4 Å². The van der Waals surface area contributed by atoms with Gasteiger partial charge in [0.25, 0.3) is 0 Å². The summed E-state index contributed by atoms with van der Waals surface area (Å²) in [7, 11) is 0. The van der Waals surface area contributed by atoms with E-state index >= 15 is 0 Å². The molecule has 5 heteroatoms. The average molecular weight is 340 g/mol. The van der Waals surface area contributed by atoms with E-state index in [1.165, 1.54) is 6.07 Å². The Balaban J connectivity index is 1.84. The van der Waals surface area contributed by atoms with E-state index in [0.29, 0.717) is 5.02 Å². The van der Waals surface area contributed by atoms with Gasteiger partial charge in [-0.15, -0.1) is 0 Å². The Labute approximate surface area is 143 Å². The van der Waals surface area contributed by atoms with Crippen molar-refractivity contribution in [1.29, 1.82) is 0 Å². The third-order valence-electron chi connectivity index (χ3n) is 5.03. The van der Waals surface area contributed by atoms with Crippen LogP contribution >= 0.6 is 11.6 Å². The quantitative estimate of drug-likeness (QED) is 0.624. The number of aliphatic imine (C=N–C) groups is 1. The van der Waals surface area contributed by atoms with Crippen molar-refractivity contribution in [1.82, 2.24) is 10.3 Å². The van der Waals surface area contributed by atoms with Crippen molar-refractivity contribution in [2.45, 2.75) is 24.9 Å². The van der Waals surface area contributed by atoms with Gasteiger partial charge < -0.3 is 4.98 Å². The summed E-state index contributed by atoms with van der Waals surface area (Å²) >= 11 is 6.25. The zero-order valence-corrected chi connectivity index (χ0v) is 13.8. The number of fused-ring (bicyclic) bond motifs is 6. The molecule has 2 aliphatic rings. The van der Waals surface area contributed by atoms with Gasteiger partial charge in [0.05, 0.1) is 5.69 Å². The van der Waals surface area contributed by atoms with Gasteiger partial charge in [-0.25, -0.2) is 4.39 Å². The Kier molecular flexibility index (Phi) is 2.77. The highest BCUT2D eigenvalue weighted by atomic mass is 35.5. The molecule has 2 aliphatic heterocycles. The first-order chi connectivity index (χ1) is 11.6. The lowest BCUT2D eigenvalue weighted by molar-refractivity contribution is 0.413. The smallest absolute Gasteiger partial charge is 0.123 e. The normalized spacial score (nSPS) is 24.5. The lowest BCUT2D eigenvalue weighted by Gasteiger charge is -2.37. The Bertz CT molecular complexity index is 1020. The Morgan fingerprint density at radius 1 is 1.25 bits per heavy atom. The Morgan fingerprint density at radius 2 is 2.12 bits per heavy atom. The molecule has 2 atom stereocenters. The first-order valence-corrected chi connectivity index (χ1v) is 8.38. The van der Waals surface area contributed by atoms with Crippen molar-refractivity contribution in [2.24, 2.45) is 4.99 Å². The highest BCUT2D eigenvalue weighted by molar-refractivity contribution is 6.30. The van der Waals surface area contributed by atoms with Crippen LogP contribution in [-0.4, -0.2) is 17.2 Å². The molecule has 120 valence electrons. The minimum Gasteiger partial charge on any atom is -0.356 e. The predicted octanol–water partition coefficient (Wildman–Crippen LogP) is 4.45. The maximum absolute atomic E-state index is 13.8. The van der Waals surface area contributed by atoms with Crippen molar-refractivity contribution in [3.8, 4) is 0 Å². The van der Waals surface area contributed by atoms with Crippen LogP contribution in [-0.2, 0) is 12.0 Å². The van der Waals surface area contributed by atoms with Crippen LogP contribution in [0.3, 0.4) is 0 Å². The number of aromatic amines is 1. The highest BCUT2D eigenvalue weighted by Gasteiger charge is 2.45. The molecule has 3 nitrogen and oxygen atoms in total. The molecule has 3 aromatic rings. The molecule has 3 heterocycles. The summed E-state index contributed by atoms with van der Waals surface area (Å²) in [4.78, 5) is 8.09. The van der Waals surface area contributed by atoms with E-state index in [9.17, 15) is 4.39 Å². The summed E-state index contributed by atoms with van der Waals surface area (Å²) < 4.78 is 13.8. The summed E-state index contributed by atoms with van der Waals surface area (Å²) in [5.74, 6) is -0.215. The van der Waals surface area contributed by atoms with Crippen LogP contribution in [0, 0.1) is 5.82 Å². The monoisotopic (exact) mass is 339 g/mol. The highest BCUT2D eigenvalue weighted by Crippen LogP contribution is 2.45. The second-order valence-corrected chi connectivity index (χ2v) is 7.08. The molecule has 0 radical (unpaired) electrons. The van der Waals surface area contributed by atoms with Crippen molar-refractivity contribution in [2.75, 3.05) is 0 Å². The number of benzene rings is 2.